The van der Waals surface area contributed by atoms with Gasteiger partial charge in [-0.15, -0.1) is 11.6 Å². The second kappa shape index (κ2) is 3.18. The minimum atomic E-state index is 0.486. The van der Waals surface area contributed by atoms with Crippen LogP contribution >= 0.6 is 11.6 Å². The predicted octanol–water partition coefficient (Wildman–Crippen LogP) is 1.95. The van der Waals surface area contributed by atoms with E-state index >= 15 is 0 Å². The van der Waals surface area contributed by atoms with E-state index < -0.39 is 0 Å². The van der Waals surface area contributed by atoms with Crippen LogP contribution < -0.4 is 5.73 Å². The van der Waals surface area contributed by atoms with Crippen LogP contribution in [0.25, 0.3) is 10.9 Å². The number of hydrogen-bond acceptors (Lipinski definition) is 3. The molecule has 0 radical (unpaired) electrons. The van der Waals surface area contributed by atoms with Gasteiger partial charge in [0.05, 0.1) is 5.52 Å². The molecule has 0 bridgehead atoms. The lowest BCUT2D eigenvalue weighted by Crippen LogP contribution is -1.93. The number of nitrogen functional groups attached to an aromatic ring is 1. The fourth-order valence-corrected chi connectivity index (χ4v) is 1.37. The summed E-state index contributed by atoms with van der Waals surface area (Å²) in [6.07, 6.45) is 1.45. The molecule has 0 aliphatic carbocycles. The van der Waals surface area contributed by atoms with Gasteiger partial charge in [0, 0.05) is 11.3 Å². The standard InChI is InChI=1S/C9H8ClN3/c10-4-6-1-2-7-8(3-6)12-5-13-9(7)11/h1-3,5H,4H2,(H2,11,12,13). The van der Waals surface area contributed by atoms with E-state index in [9.17, 15) is 0 Å². The van der Waals surface area contributed by atoms with E-state index in [4.69, 9.17) is 17.3 Å². The first-order valence-corrected chi connectivity index (χ1v) is 4.40. The van der Waals surface area contributed by atoms with Crippen molar-refractivity contribution < 1.29 is 0 Å². The van der Waals surface area contributed by atoms with Gasteiger partial charge in [0.15, 0.2) is 0 Å². The van der Waals surface area contributed by atoms with E-state index in [0.717, 1.165) is 16.5 Å². The fraction of sp³-hybridized carbons (Fsp3) is 0.111. The summed E-state index contributed by atoms with van der Waals surface area (Å²) in [4.78, 5) is 8.00. The number of benzene rings is 1. The van der Waals surface area contributed by atoms with Gasteiger partial charge in [-0.05, 0) is 17.7 Å². The Bertz CT molecular complexity index is 442. The normalized spacial score (nSPS) is 10.5. The maximum atomic E-state index is 5.69. The largest absolute Gasteiger partial charge is 0.383 e. The van der Waals surface area contributed by atoms with E-state index in [1.165, 1.54) is 6.33 Å². The molecule has 0 spiro atoms. The van der Waals surface area contributed by atoms with Gasteiger partial charge in [0.2, 0.25) is 0 Å². The molecule has 66 valence electrons. The van der Waals surface area contributed by atoms with Crippen LogP contribution in [-0.2, 0) is 5.88 Å². The molecule has 0 amide bonds. The van der Waals surface area contributed by atoms with Crippen LogP contribution in [0.3, 0.4) is 0 Å². The molecule has 0 atom stereocenters. The lowest BCUT2D eigenvalue weighted by atomic mass is 10.1. The zero-order valence-corrected chi connectivity index (χ0v) is 7.62. The number of nitrogens with zero attached hydrogens (tertiary/aromatic N) is 2. The highest BCUT2D eigenvalue weighted by atomic mass is 35.5. The highest BCUT2D eigenvalue weighted by Crippen LogP contribution is 2.18. The summed E-state index contributed by atoms with van der Waals surface area (Å²) in [6.45, 7) is 0. The number of anilines is 1. The molecular formula is C9H8ClN3. The minimum absolute atomic E-state index is 0.486. The maximum absolute atomic E-state index is 5.69. The van der Waals surface area contributed by atoms with Crippen LogP contribution in [0.4, 0.5) is 5.82 Å². The highest BCUT2D eigenvalue weighted by molar-refractivity contribution is 6.17. The number of hydrogen-bond donors (Lipinski definition) is 1. The van der Waals surface area contributed by atoms with Gasteiger partial charge < -0.3 is 5.73 Å². The Kier molecular flexibility index (Phi) is 2.02. The van der Waals surface area contributed by atoms with Gasteiger partial charge in [-0.1, -0.05) is 6.07 Å². The number of fused-ring (bicyclic) bond motifs is 1. The predicted molar refractivity (Wildman–Crippen MR) is 53.5 cm³/mol. The quantitative estimate of drug-likeness (QED) is 0.705. The summed E-state index contributed by atoms with van der Waals surface area (Å²) >= 11 is 5.69. The molecule has 1 aromatic carbocycles. The summed E-state index contributed by atoms with van der Waals surface area (Å²) in [5.74, 6) is 0.992. The van der Waals surface area contributed by atoms with Crippen molar-refractivity contribution in [3.05, 3.63) is 30.1 Å². The Hall–Kier alpha value is -1.35. The monoisotopic (exact) mass is 193 g/mol. The number of halogens is 1. The number of aromatic nitrogens is 2. The molecule has 4 heteroatoms. The first-order chi connectivity index (χ1) is 6.31. The molecule has 0 saturated carbocycles. The Balaban J connectivity index is 2.72. The van der Waals surface area contributed by atoms with Gasteiger partial charge in [0.1, 0.15) is 12.1 Å². The molecule has 2 N–H and O–H groups in total. The zero-order chi connectivity index (χ0) is 9.26. The van der Waals surface area contributed by atoms with Crippen LogP contribution in [0.1, 0.15) is 5.56 Å². The van der Waals surface area contributed by atoms with Gasteiger partial charge in [-0.2, -0.15) is 0 Å². The maximum Gasteiger partial charge on any atom is 0.134 e. The second-order valence-corrected chi connectivity index (χ2v) is 3.01. The van der Waals surface area contributed by atoms with Crippen molar-refractivity contribution in [3.8, 4) is 0 Å². The third kappa shape index (κ3) is 1.42. The Labute approximate surface area is 80.6 Å². The van der Waals surface area contributed by atoms with Crippen LogP contribution in [0, 0.1) is 0 Å². The van der Waals surface area contributed by atoms with Crippen molar-refractivity contribution in [2.45, 2.75) is 5.88 Å². The van der Waals surface area contributed by atoms with Crippen molar-refractivity contribution in [3.63, 3.8) is 0 Å². The van der Waals surface area contributed by atoms with Gasteiger partial charge in [0.25, 0.3) is 0 Å². The fourth-order valence-electron chi connectivity index (χ4n) is 1.21. The first kappa shape index (κ1) is 8.26. The van der Waals surface area contributed by atoms with Gasteiger partial charge in [-0.25, -0.2) is 9.97 Å². The third-order valence-electron chi connectivity index (χ3n) is 1.89. The van der Waals surface area contributed by atoms with E-state index in [0.29, 0.717) is 11.7 Å². The molecule has 13 heavy (non-hydrogen) atoms. The average molecular weight is 194 g/mol. The van der Waals surface area contributed by atoms with Crippen molar-refractivity contribution >= 4 is 28.3 Å². The molecule has 2 rings (SSSR count). The molecule has 0 fully saturated rings. The molecule has 0 saturated heterocycles. The molecule has 0 aliphatic heterocycles. The lowest BCUT2D eigenvalue weighted by molar-refractivity contribution is 1.22. The first-order valence-electron chi connectivity index (χ1n) is 3.86. The van der Waals surface area contributed by atoms with Crippen molar-refractivity contribution in [1.29, 1.82) is 0 Å². The van der Waals surface area contributed by atoms with Crippen LogP contribution in [0.2, 0.25) is 0 Å². The Morgan fingerprint density at radius 3 is 2.92 bits per heavy atom. The molecule has 3 nitrogen and oxygen atoms in total. The van der Waals surface area contributed by atoms with Crippen molar-refractivity contribution in [2.75, 3.05) is 5.73 Å². The molecule has 0 aliphatic rings. The molecule has 1 heterocycles. The summed E-state index contributed by atoms with van der Waals surface area (Å²) in [5, 5.41) is 0.872. The third-order valence-corrected chi connectivity index (χ3v) is 2.19. The summed E-state index contributed by atoms with van der Waals surface area (Å²) in [6, 6.07) is 5.73. The van der Waals surface area contributed by atoms with Gasteiger partial charge in [-0.3, -0.25) is 0 Å². The lowest BCUT2D eigenvalue weighted by Gasteiger charge is -2.00. The smallest absolute Gasteiger partial charge is 0.134 e. The number of alkyl halides is 1. The number of rotatable bonds is 1. The van der Waals surface area contributed by atoms with E-state index in [1.54, 1.807) is 0 Å². The summed E-state index contributed by atoms with van der Waals surface area (Å²) < 4.78 is 0. The zero-order valence-electron chi connectivity index (χ0n) is 6.87. The Morgan fingerprint density at radius 1 is 1.31 bits per heavy atom. The molecule has 0 unspecified atom stereocenters. The van der Waals surface area contributed by atoms with E-state index in [1.807, 2.05) is 18.2 Å². The Morgan fingerprint density at radius 2 is 2.15 bits per heavy atom. The second-order valence-electron chi connectivity index (χ2n) is 2.74. The summed E-state index contributed by atoms with van der Waals surface area (Å²) in [7, 11) is 0. The topological polar surface area (TPSA) is 51.8 Å². The average Bonchev–Trinajstić information content (AvgIpc) is 2.18. The van der Waals surface area contributed by atoms with Crippen molar-refractivity contribution in [2.24, 2.45) is 0 Å². The molecule has 1 aromatic heterocycles. The van der Waals surface area contributed by atoms with Crippen LogP contribution in [0.15, 0.2) is 24.5 Å². The van der Waals surface area contributed by atoms with E-state index in [2.05, 4.69) is 9.97 Å². The number of nitrogens with two attached hydrogens (primary N) is 1. The van der Waals surface area contributed by atoms with Crippen molar-refractivity contribution in [1.82, 2.24) is 9.97 Å². The van der Waals surface area contributed by atoms with Gasteiger partial charge >= 0.3 is 0 Å². The minimum Gasteiger partial charge on any atom is -0.383 e. The molecular weight excluding hydrogens is 186 g/mol. The van der Waals surface area contributed by atoms with E-state index in [-0.39, 0.29) is 0 Å². The van der Waals surface area contributed by atoms with Crippen LogP contribution in [0.5, 0.6) is 0 Å². The molecule has 2 aromatic rings. The highest BCUT2D eigenvalue weighted by Gasteiger charge is 2.00. The van der Waals surface area contributed by atoms with Crippen LogP contribution in [-0.4, -0.2) is 9.97 Å². The summed E-state index contributed by atoms with van der Waals surface area (Å²) in [5.41, 5.74) is 7.54. The SMILES string of the molecule is Nc1ncnc2cc(CCl)ccc12.